The number of rotatable bonds is 9. The number of thiophene rings is 1. The summed E-state index contributed by atoms with van der Waals surface area (Å²) in [6, 6.07) is 12.1. The molecular formula is C22H31N5O2S. The van der Waals surface area contributed by atoms with Crippen molar-refractivity contribution in [3.8, 4) is 5.75 Å². The van der Waals surface area contributed by atoms with E-state index < -0.39 is 0 Å². The molecule has 2 aromatic rings. The highest BCUT2D eigenvalue weighted by molar-refractivity contribution is 7.10. The first-order valence-corrected chi connectivity index (χ1v) is 11.3. The van der Waals surface area contributed by atoms with Crippen LogP contribution >= 0.6 is 11.3 Å². The predicted molar refractivity (Wildman–Crippen MR) is 123 cm³/mol. The van der Waals surface area contributed by atoms with Gasteiger partial charge in [-0.25, -0.2) is 0 Å². The first-order chi connectivity index (χ1) is 14.7. The van der Waals surface area contributed by atoms with Crippen molar-refractivity contribution in [1.29, 1.82) is 0 Å². The standard InChI is InChI=1S/C22H31N5O2S/c1-17(28)26-18-7-5-8-19(15-18)29-13-10-24-22(23-2)25-16-20(21-9-6-14-30-21)27-11-3-4-12-27/h5-9,14-15,20H,3-4,10-13,16H2,1-2H3,(H,26,28)(H2,23,24,25). The molecule has 162 valence electrons. The van der Waals surface area contributed by atoms with E-state index in [1.807, 2.05) is 35.6 Å². The molecule has 1 atom stereocenters. The van der Waals surface area contributed by atoms with Crippen LogP contribution in [0.2, 0.25) is 0 Å². The fraction of sp³-hybridized carbons (Fsp3) is 0.455. The van der Waals surface area contributed by atoms with Crippen molar-refractivity contribution in [3.63, 3.8) is 0 Å². The van der Waals surface area contributed by atoms with Crippen LogP contribution in [0.4, 0.5) is 5.69 Å². The highest BCUT2D eigenvalue weighted by Crippen LogP contribution is 2.27. The predicted octanol–water partition coefficient (Wildman–Crippen LogP) is 3.09. The SMILES string of the molecule is CN=C(NCCOc1cccc(NC(C)=O)c1)NCC(c1cccs1)N1CCCC1. The highest BCUT2D eigenvalue weighted by Gasteiger charge is 2.24. The maximum atomic E-state index is 11.2. The second-order valence-corrected chi connectivity index (χ2v) is 8.19. The molecule has 1 unspecified atom stereocenters. The van der Waals surface area contributed by atoms with Gasteiger partial charge in [0, 0.05) is 37.1 Å². The van der Waals surface area contributed by atoms with Crippen molar-refractivity contribution in [3.05, 3.63) is 46.7 Å². The molecule has 0 aliphatic carbocycles. The van der Waals surface area contributed by atoms with E-state index in [0.717, 1.165) is 37.0 Å². The van der Waals surface area contributed by atoms with Gasteiger partial charge in [-0.05, 0) is 49.5 Å². The van der Waals surface area contributed by atoms with E-state index in [9.17, 15) is 4.79 Å². The van der Waals surface area contributed by atoms with Gasteiger partial charge in [0.2, 0.25) is 5.91 Å². The van der Waals surface area contributed by atoms with Crippen LogP contribution in [0.3, 0.4) is 0 Å². The lowest BCUT2D eigenvalue weighted by Crippen LogP contribution is -2.43. The minimum Gasteiger partial charge on any atom is -0.492 e. The van der Waals surface area contributed by atoms with Crippen LogP contribution in [0.5, 0.6) is 5.75 Å². The summed E-state index contributed by atoms with van der Waals surface area (Å²) in [5, 5.41) is 11.7. The van der Waals surface area contributed by atoms with E-state index in [-0.39, 0.29) is 5.91 Å². The van der Waals surface area contributed by atoms with Crippen LogP contribution in [0.15, 0.2) is 46.8 Å². The molecule has 0 spiro atoms. The zero-order valence-electron chi connectivity index (χ0n) is 17.7. The van der Waals surface area contributed by atoms with Gasteiger partial charge in [-0.2, -0.15) is 0 Å². The topological polar surface area (TPSA) is 78.0 Å². The zero-order chi connectivity index (χ0) is 21.2. The summed E-state index contributed by atoms with van der Waals surface area (Å²) in [5.41, 5.74) is 0.729. The fourth-order valence-electron chi connectivity index (χ4n) is 3.56. The Labute approximate surface area is 182 Å². The Morgan fingerprint density at radius 2 is 2.07 bits per heavy atom. The first-order valence-electron chi connectivity index (χ1n) is 10.4. The Kier molecular flexibility index (Phi) is 8.53. The van der Waals surface area contributed by atoms with E-state index in [0.29, 0.717) is 19.2 Å². The number of ether oxygens (including phenoxy) is 1. The monoisotopic (exact) mass is 429 g/mol. The molecule has 2 heterocycles. The second-order valence-electron chi connectivity index (χ2n) is 7.21. The summed E-state index contributed by atoms with van der Waals surface area (Å²) < 4.78 is 5.79. The number of carbonyl (C=O) groups excluding carboxylic acids is 1. The van der Waals surface area contributed by atoms with E-state index in [1.54, 1.807) is 7.05 Å². The summed E-state index contributed by atoms with van der Waals surface area (Å²) >= 11 is 1.81. The molecule has 0 saturated carbocycles. The largest absolute Gasteiger partial charge is 0.492 e. The zero-order valence-corrected chi connectivity index (χ0v) is 18.5. The van der Waals surface area contributed by atoms with Gasteiger partial charge in [0.05, 0.1) is 12.6 Å². The number of likely N-dealkylation sites (tertiary alicyclic amines) is 1. The molecule has 1 fully saturated rings. The van der Waals surface area contributed by atoms with Crippen molar-refractivity contribution in [2.45, 2.75) is 25.8 Å². The number of benzene rings is 1. The van der Waals surface area contributed by atoms with Crippen LogP contribution in [0.25, 0.3) is 0 Å². The summed E-state index contributed by atoms with van der Waals surface area (Å²) in [5.74, 6) is 1.39. The number of nitrogens with zero attached hydrogens (tertiary/aromatic N) is 2. The van der Waals surface area contributed by atoms with Gasteiger partial charge >= 0.3 is 0 Å². The van der Waals surface area contributed by atoms with Gasteiger partial charge in [0.25, 0.3) is 0 Å². The molecule has 1 amide bonds. The minimum atomic E-state index is -0.0986. The molecule has 3 rings (SSSR count). The van der Waals surface area contributed by atoms with Crippen molar-refractivity contribution in [1.82, 2.24) is 15.5 Å². The summed E-state index contributed by atoms with van der Waals surface area (Å²) in [7, 11) is 1.78. The molecule has 0 radical (unpaired) electrons. The maximum Gasteiger partial charge on any atom is 0.221 e. The number of amides is 1. The molecule has 1 aliphatic heterocycles. The Morgan fingerprint density at radius 3 is 2.77 bits per heavy atom. The van der Waals surface area contributed by atoms with Gasteiger partial charge in [0.1, 0.15) is 12.4 Å². The van der Waals surface area contributed by atoms with Crippen molar-refractivity contribution in [2.75, 3.05) is 45.2 Å². The van der Waals surface area contributed by atoms with Gasteiger partial charge in [0.15, 0.2) is 5.96 Å². The molecule has 1 aromatic heterocycles. The third-order valence-corrected chi connectivity index (χ3v) is 5.93. The average Bonchev–Trinajstić information content (AvgIpc) is 3.44. The smallest absolute Gasteiger partial charge is 0.221 e. The van der Waals surface area contributed by atoms with E-state index in [1.165, 1.54) is 24.6 Å². The maximum absolute atomic E-state index is 11.2. The number of guanidine groups is 1. The van der Waals surface area contributed by atoms with E-state index in [2.05, 4.69) is 43.4 Å². The number of hydrogen-bond acceptors (Lipinski definition) is 5. The number of nitrogens with one attached hydrogen (secondary N) is 3. The Hall–Kier alpha value is -2.58. The lowest BCUT2D eigenvalue weighted by Gasteiger charge is -2.27. The Bertz CT molecular complexity index is 819. The van der Waals surface area contributed by atoms with Gasteiger partial charge < -0.3 is 20.7 Å². The molecule has 1 aromatic carbocycles. The lowest BCUT2D eigenvalue weighted by atomic mass is 10.2. The first kappa shape index (κ1) is 22.1. The number of aliphatic imine (C=N–C) groups is 1. The van der Waals surface area contributed by atoms with E-state index >= 15 is 0 Å². The minimum absolute atomic E-state index is 0.0986. The number of anilines is 1. The third kappa shape index (κ3) is 6.74. The highest BCUT2D eigenvalue weighted by atomic mass is 32.1. The Balaban J connectivity index is 1.44. The third-order valence-electron chi connectivity index (χ3n) is 4.96. The quantitative estimate of drug-likeness (QED) is 0.324. The number of hydrogen-bond donors (Lipinski definition) is 3. The average molecular weight is 430 g/mol. The molecule has 1 aliphatic rings. The van der Waals surface area contributed by atoms with Crippen LogP contribution in [-0.2, 0) is 4.79 Å². The fourth-order valence-corrected chi connectivity index (χ4v) is 4.42. The van der Waals surface area contributed by atoms with Crippen LogP contribution in [0.1, 0.15) is 30.7 Å². The van der Waals surface area contributed by atoms with Gasteiger partial charge in [-0.3, -0.25) is 14.7 Å². The molecule has 30 heavy (non-hydrogen) atoms. The van der Waals surface area contributed by atoms with Gasteiger partial charge in [-0.15, -0.1) is 11.3 Å². The summed E-state index contributed by atoms with van der Waals surface area (Å²) in [6.45, 7) is 5.73. The molecule has 1 saturated heterocycles. The van der Waals surface area contributed by atoms with Crippen LogP contribution in [-0.4, -0.2) is 56.6 Å². The molecule has 3 N–H and O–H groups in total. The lowest BCUT2D eigenvalue weighted by molar-refractivity contribution is -0.114. The summed E-state index contributed by atoms with van der Waals surface area (Å²) in [4.78, 5) is 19.5. The van der Waals surface area contributed by atoms with Crippen molar-refractivity contribution < 1.29 is 9.53 Å². The van der Waals surface area contributed by atoms with Crippen LogP contribution < -0.4 is 20.7 Å². The van der Waals surface area contributed by atoms with Crippen LogP contribution in [0, 0.1) is 0 Å². The normalized spacial score (nSPS) is 15.6. The summed E-state index contributed by atoms with van der Waals surface area (Å²) in [6.07, 6.45) is 2.55. The van der Waals surface area contributed by atoms with E-state index in [4.69, 9.17) is 4.74 Å². The van der Waals surface area contributed by atoms with Crippen molar-refractivity contribution >= 4 is 28.9 Å². The second kappa shape index (κ2) is 11.6. The molecule has 0 bridgehead atoms. The molecule has 7 nitrogen and oxygen atoms in total. The molecule has 8 heteroatoms. The Morgan fingerprint density at radius 1 is 1.23 bits per heavy atom. The number of carbonyl (C=O) groups is 1. The van der Waals surface area contributed by atoms with Gasteiger partial charge in [-0.1, -0.05) is 12.1 Å². The van der Waals surface area contributed by atoms with Crippen molar-refractivity contribution in [2.24, 2.45) is 4.99 Å². The molecular weight excluding hydrogens is 398 g/mol.